The van der Waals surface area contributed by atoms with Crippen LogP contribution in [0.15, 0.2) is 212 Å². The quantitative estimate of drug-likeness (QED) is 0.160. The predicted octanol–water partition coefficient (Wildman–Crippen LogP) is 15.3. The molecule has 254 valence electrons. The molecule has 0 radical (unpaired) electrons. The third-order valence-corrected chi connectivity index (χ3v) is 11.6. The molecule has 0 aliphatic rings. The Morgan fingerprint density at radius 2 is 0.833 bits per heavy atom. The highest BCUT2D eigenvalue weighted by Crippen LogP contribution is 2.43. The summed E-state index contributed by atoms with van der Waals surface area (Å²) in [6, 6.07) is 77.1. The second kappa shape index (κ2) is 13.7. The van der Waals surface area contributed by atoms with E-state index in [1.165, 1.54) is 75.5 Å². The number of thiophene rings is 1. The molecule has 0 spiro atoms. The van der Waals surface area contributed by atoms with Gasteiger partial charge in [0, 0.05) is 37.2 Å². The molecule has 0 fully saturated rings. The highest BCUT2D eigenvalue weighted by atomic mass is 32.1. The van der Waals surface area contributed by atoms with Crippen molar-refractivity contribution in [3.8, 4) is 44.5 Å². The van der Waals surface area contributed by atoms with Crippen molar-refractivity contribution in [3.63, 3.8) is 0 Å². The van der Waals surface area contributed by atoms with Crippen molar-refractivity contribution < 1.29 is 0 Å². The van der Waals surface area contributed by atoms with Crippen molar-refractivity contribution in [1.29, 1.82) is 0 Å². The highest BCUT2D eigenvalue weighted by molar-refractivity contribution is 7.25. The average molecular weight is 706 g/mol. The van der Waals surface area contributed by atoms with Crippen LogP contribution >= 0.6 is 11.3 Å². The molecule has 1 aromatic heterocycles. The summed E-state index contributed by atoms with van der Waals surface area (Å²) in [5, 5.41) is 5.14. The molecule has 0 saturated heterocycles. The molecule has 10 rings (SSSR count). The maximum Gasteiger partial charge on any atom is 0.0467 e. The molecule has 54 heavy (non-hydrogen) atoms. The maximum atomic E-state index is 2.39. The summed E-state index contributed by atoms with van der Waals surface area (Å²) in [6.45, 7) is 0. The van der Waals surface area contributed by atoms with E-state index in [2.05, 4.69) is 217 Å². The summed E-state index contributed by atoms with van der Waals surface area (Å²) in [6.07, 6.45) is 0. The van der Waals surface area contributed by atoms with E-state index in [-0.39, 0.29) is 0 Å². The van der Waals surface area contributed by atoms with Gasteiger partial charge in [0.2, 0.25) is 0 Å². The molecule has 0 aliphatic heterocycles. The normalized spacial score (nSPS) is 11.3. The largest absolute Gasteiger partial charge is 0.310 e. The lowest BCUT2D eigenvalue weighted by Gasteiger charge is -2.27. The Labute approximate surface area is 319 Å². The summed E-state index contributed by atoms with van der Waals surface area (Å²) < 4.78 is 2.64. The van der Waals surface area contributed by atoms with Gasteiger partial charge >= 0.3 is 0 Å². The maximum absolute atomic E-state index is 2.39. The summed E-state index contributed by atoms with van der Waals surface area (Å²) in [5.41, 5.74) is 13.0. The third-order valence-electron chi connectivity index (χ3n) is 10.5. The molecule has 2 heteroatoms. The fraction of sp³-hybridized carbons (Fsp3) is 0. The first-order valence-electron chi connectivity index (χ1n) is 18.4. The number of hydrogen-bond acceptors (Lipinski definition) is 2. The van der Waals surface area contributed by atoms with Crippen molar-refractivity contribution in [2.24, 2.45) is 0 Å². The van der Waals surface area contributed by atoms with Crippen molar-refractivity contribution >= 4 is 59.3 Å². The molecule has 0 unspecified atom stereocenters. The zero-order valence-electron chi connectivity index (χ0n) is 29.6. The molecule has 10 aromatic rings. The van der Waals surface area contributed by atoms with Gasteiger partial charge in [-0.05, 0) is 110 Å². The molecule has 1 nitrogen and oxygen atoms in total. The van der Waals surface area contributed by atoms with E-state index in [0.29, 0.717) is 0 Å². The first-order chi connectivity index (χ1) is 26.8. The lowest BCUT2D eigenvalue weighted by molar-refractivity contribution is 1.28. The molecule has 0 saturated carbocycles. The van der Waals surface area contributed by atoms with E-state index >= 15 is 0 Å². The standard InChI is InChI=1S/C52H35NS/c1-2-13-36(14-3-1)39-17-8-18-40(33-39)41-19-9-21-44(34-41)53(45-22-10-20-42(35-45)47-25-11-16-37-15-4-5-23-46(37)47)43-31-29-38(30-32-43)48-26-12-28-51-52(48)49-24-6-7-27-50(49)54-51/h1-35H. The molecule has 1 heterocycles. The van der Waals surface area contributed by atoms with Gasteiger partial charge in [-0.3, -0.25) is 0 Å². The summed E-state index contributed by atoms with van der Waals surface area (Å²) >= 11 is 1.86. The molecule has 9 aromatic carbocycles. The van der Waals surface area contributed by atoms with E-state index in [1.54, 1.807) is 0 Å². The molecule has 0 atom stereocenters. The monoisotopic (exact) mass is 705 g/mol. The molecule has 0 N–H and O–H groups in total. The van der Waals surface area contributed by atoms with Gasteiger partial charge in [-0.15, -0.1) is 11.3 Å². The van der Waals surface area contributed by atoms with Gasteiger partial charge < -0.3 is 4.90 Å². The average Bonchev–Trinajstić information content (AvgIpc) is 3.64. The lowest BCUT2D eigenvalue weighted by atomic mass is 9.97. The minimum atomic E-state index is 1.10. The number of fused-ring (bicyclic) bond motifs is 4. The van der Waals surface area contributed by atoms with Crippen LogP contribution in [0.5, 0.6) is 0 Å². The van der Waals surface area contributed by atoms with Crippen LogP contribution in [0.4, 0.5) is 17.1 Å². The lowest BCUT2D eigenvalue weighted by Crippen LogP contribution is -2.10. The van der Waals surface area contributed by atoms with Gasteiger partial charge in [0.25, 0.3) is 0 Å². The van der Waals surface area contributed by atoms with Crippen molar-refractivity contribution in [1.82, 2.24) is 0 Å². The first-order valence-corrected chi connectivity index (χ1v) is 19.2. The van der Waals surface area contributed by atoms with Gasteiger partial charge in [0.15, 0.2) is 0 Å². The number of nitrogens with zero attached hydrogens (tertiary/aromatic N) is 1. The molecular weight excluding hydrogens is 671 g/mol. The van der Waals surface area contributed by atoms with Crippen LogP contribution in [0, 0.1) is 0 Å². The summed E-state index contributed by atoms with van der Waals surface area (Å²) in [7, 11) is 0. The highest BCUT2D eigenvalue weighted by Gasteiger charge is 2.17. The second-order valence-electron chi connectivity index (χ2n) is 13.7. The third kappa shape index (κ3) is 5.84. The van der Waals surface area contributed by atoms with Crippen LogP contribution in [-0.4, -0.2) is 0 Å². The van der Waals surface area contributed by atoms with Crippen molar-refractivity contribution in [2.75, 3.05) is 4.90 Å². The molecule has 0 bridgehead atoms. The Kier molecular flexibility index (Phi) is 8.09. The van der Waals surface area contributed by atoms with Crippen LogP contribution in [0.2, 0.25) is 0 Å². The number of hydrogen-bond donors (Lipinski definition) is 0. The van der Waals surface area contributed by atoms with Crippen LogP contribution in [0.3, 0.4) is 0 Å². The van der Waals surface area contributed by atoms with Gasteiger partial charge in [-0.25, -0.2) is 0 Å². The van der Waals surface area contributed by atoms with Crippen molar-refractivity contribution in [3.05, 3.63) is 212 Å². The Morgan fingerprint density at radius 3 is 1.65 bits per heavy atom. The SMILES string of the molecule is c1ccc(-c2cccc(-c3cccc(N(c4ccc(-c5cccc6sc7ccccc7c56)cc4)c4cccc(-c5cccc6ccccc56)c4)c3)c2)cc1. The molecular formula is C52H35NS. The smallest absolute Gasteiger partial charge is 0.0467 e. The minimum absolute atomic E-state index is 1.10. The van der Waals surface area contributed by atoms with Gasteiger partial charge in [0.1, 0.15) is 0 Å². The van der Waals surface area contributed by atoms with E-state index in [1.807, 2.05) is 11.3 Å². The number of benzene rings is 9. The first kappa shape index (κ1) is 32.0. The van der Waals surface area contributed by atoms with E-state index in [9.17, 15) is 0 Å². The number of rotatable bonds is 7. The van der Waals surface area contributed by atoms with Crippen LogP contribution in [0.1, 0.15) is 0 Å². The van der Waals surface area contributed by atoms with E-state index < -0.39 is 0 Å². The Balaban J connectivity index is 1.11. The minimum Gasteiger partial charge on any atom is -0.310 e. The fourth-order valence-electron chi connectivity index (χ4n) is 7.88. The Hall–Kier alpha value is -6.74. The molecule has 0 aliphatic carbocycles. The van der Waals surface area contributed by atoms with Crippen LogP contribution in [-0.2, 0) is 0 Å². The number of anilines is 3. The summed E-state index contributed by atoms with van der Waals surface area (Å²) in [4.78, 5) is 2.39. The topological polar surface area (TPSA) is 3.24 Å². The summed E-state index contributed by atoms with van der Waals surface area (Å²) in [5.74, 6) is 0. The van der Waals surface area contributed by atoms with Gasteiger partial charge in [-0.1, -0.05) is 158 Å². The molecule has 0 amide bonds. The van der Waals surface area contributed by atoms with Gasteiger partial charge in [-0.2, -0.15) is 0 Å². The predicted molar refractivity (Wildman–Crippen MR) is 233 cm³/mol. The fourth-order valence-corrected chi connectivity index (χ4v) is 9.01. The second-order valence-corrected chi connectivity index (χ2v) is 14.8. The van der Waals surface area contributed by atoms with Crippen molar-refractivity contribution in [2.45, 2.75) is 0 Å². The Morgan fingerprint density at radius 1 is 0.296 bits per heavy atom. The zero-order valence-corrected chi connectivity index (χ0v) is 30.4. The Bertz CT molecular complexity index is 2930. The zero-order chi connectivity index (χ0) is 35.8. The van der Waals surface area contributed by atoms with Crippen LogP contribution in [0.25, 0.3) is 75.5 Å². The van der Waals surface area contributed by atoms with Gasteiger partial charge in [0.05, 0.1) is 0 Å². The van der Waals surface area contributed by atoms with Crippen LogP contribution < -0.4 is 4.90 Å². The van der Waals surface area contributed by atoms with E-state index in [4.69, 9.17) is 0 Å². The van der Waals surface area contributed by atoms with E-state index in [0.717, 1.165) is 17.1 Å².